The zero-order valence-electron chi connectivity index (χ0n) is 13.1. The number of rotatable bonds is 5. The number of aryl methyl sites for hydroxylation is 1. The van der Waals surface area contributed by atoms with E-state index in [1.54, 1.807) is 0 Å². The normalized spacial score (nSPS) is 24.6. The molecular weight excluding hydrogens is 266 g/mol. The first-order chi connectivity index (χ1) is 9.63. The standard InChI is InChI=1S/C18H28ClN/c1-4-14-6-9-15(10-7-14)18(20-3)12-16-8-5-13(2)11-17(16)19/h5,8,11,14-15,18,20H,4,6-7,9-10,12H2,1-3H3. The van der Waals surface area contributed by atoms with E-state index in [1.807, 2.05) is 0 Å². The maximum atomic E-state index is 6.39. The van der Waals surface area contributed by atoms with E-state index < -0.39 is 0 Å². The van der Waals surface area contributed by atoms with Gasteiger partial charge in [-0.15, -0.1) is 0 Å². The molecule has 1 aromatic carbocycles. The molecule has 0 radical (unpaired) electrons. The van der Waals surface area contributed by atoms with E-state index in [9.17, 15) is 0 Å². The van der Waals surface area contributed by atoms with Crippen molar-refractivity contribution in [3.05, 3.63) is 34.3 Å². The fourth-order valence-electron chi connectivity index (χ4n) is 3.56. The molecule has 1 fully saturated rings. The molecular formula is C18H28ClN. The summed E-state index contributed by atoms with van der Waals surface area (Å²) in [5.74, 6) is 1.77. The van der Waals surface area contributed by atoms with Gasteiger partial charge in [0.2, 0.25) is 0 Å². The van der Waals surface area contributed by atoms with Crippen LogP contribution in [0.25, 0.3) is 0 Å². The predicted molar refractivity (Wildman–Crippen MR) is 88.5 cm³/mol. The Balaban J connectivity index is 1.98. The Hall–Kier alpha value is -0.530. The number of hydrogen-bond donors (Lipinski definition) is 1. The molecule has 1 aliphatic rings. The highest BCUT2D eigenvalue weighted by Crippen LogP contribution is 2.34. The first-order valence-corrected chi connectivity index (χ1v) is 8.44. The molecule has 1 atom stereocenters. The van der Waals surface area contributed by atoms with Crippen LogP contribution in [0.5, 0.6) is 0 Å². The van der Waals surface area contributed by atoms with Crippen LogP contribution >= 0.6 is 11.6 Å². The summed E-state index contributed by atoms with van der Waals surface area (Å²) in [7, 11) is 2.10. The molecule has 1 aromatic rings. The molecule has 0 aliphatic heterocycles. The lowest BCUT2D eigenvalue weighted by Gasteiger charge is -2.33. The van der Waals surface area contributed by atoms with Gasteiger partial charge in [0.15, 0.2) is 0 Å². The third-order valence-electron chi connectivity index (χ3n) is 5.06. The largest absolute Gasteiger partial charge is 0.316 e. The lowest BCUT2D eigenvalue weighted by atomic mass is 9.76. The smallest absolute Gasteiger partial charge is 0.0441 e. The summed E-state index contributed by atoms with van der Waals surface area (Å²) < 4.78 is 0. The lowest BCUT2D eigenvalue weighted by Crippen LogP contribution is -2.37. The Bertz CT molecular complexity index is 421. The van der Waals surface area contributed by atoms with Crippen molar-refractivity contribution in [1.82, 2.24) is 5.32 Å². The summed E-state index contributed by atoms with van der Waals surface area (Å²) in [5, 5.41) is 4.46. The SMILES string of the molecule is CCC1CCC(C(Cc2ccc(C)cc2Cl)NC)CC1. The molecule has 2 rings (SSSR count). The second-order valence-electron chi connectivity index (χ2n) is 6.38. The van der Waals surface area contributed by atoms with Gasteiger partial charge in [0, 0.05) is 11.1 Å². The van der Waals surface area contributed by atoms with Crippen molar-refractivity contribution in [2.75, 3.05) is 7.05 Å². The second kappa shape index (κ2) is 7.47. The Morgan fingerprint density at radius 3 is 2.50 bits per heavy atom. The van der Waals surface area contributed by atoms with Gasteiger partial charge in [0.25, 0.3) is 0 Å². The minimum atomic E-state index is 0.563. The molecule has 0 saturated heterocycles. The third kappa shape index (κ3) is 3.99. The molecule has 2 heteroatoms. The van der Waals surface area contributed by atoms with Crippen LogP contribution in [0.2, 0.25) is 5.02 Å². The van der Waals surface area contributed by atoms with Crippen LogP contribution in [0.1, 0.15) is 50.2 Å². The molecule has 112 valence electrons. The fourth-order valence-corrected chi connectivity index (χ4v) is 3.87. The molecule has 0 aromatic heterocycles. The predicted octanol–water partition coefficient (Wildman–Crippen LogP) is 5.00. The van der Waals surface area contributed by atoms with E-state index in [-0.39, 0.29) is 0 Å². The summed E-state index contributed by atoms with van der Waals surface area (Å²) in [6.07, 6.45) is 7.95. The van der Waals surface area contributed by atoms with E-state index in [0.29, 0.717) is 6.04 Å². The average Bonchev–Trinajstić information content (AvgIpc) is 2.47. The van der Waals surface area contributed by atoms with Crippen molar-refractivity contribution < 1.29 is 0 Å². The van der Waals surface area contributed by atoms with Gasteiger partial charge < -0.3 is 5.32 Å². The molecule has 1 N–H and O–H groups in total. The quantitative estimate of drug-likeness (QED) is 0.806. The summed E-state index contributed by atoms with van der Waals surface area (Å²) in [5.41, 5.74) is 2.53. The van der Waals surface area contributed by atoms with Gasteiger partial charge in [0.05, 0.1) is 0 Å². The zero-order chi connectivity index (χ0) is 14.5. The van der Waals surface area contributed by atoms with Gasteiger partial charge in [-0.2, -0.15) is 0 Å². The van der Waals surface area contributed by atoms with E-state index >= 15 is 0 Å². The summed E-state index contributed by atoms with van der Waals surface area (Å²) in [6, 6.07) is 7.01. The van der Waals surface area contributed by atoms with Crippen LogP contribution in [0, 0.1) is 18.8 Å². The lowest BCUT2D eigenvalue weighted by molar-refractivity contribution is 0.222. The number of nitrogens with one attached hydrogen (secondary N) is 1. The van der Waals surface area contributed by atoms with Gasteiger partial charge in [0.1, 0.15) is 0 Å². The van der Waals surface area contributed by atoms with E-state index in [0.717, 1.165) is 23.3 Å². The molecule has 20 heavy (non-hydrogen) atoms. The molecule has 0 amide bonds. The minimum Gasteiger partial charge on any atom is -0.316 e. The highest BCUT2D eigenvalue weighted by atomic mass is 35.5. The highest BCUT2D eigenvalue weighted by molar-refractivity contribution is 6.31. The van der Waals surface area contributed by atoms with E-state index in [1.165, 1.54) is 43.2 Å². The maximum Gasteiger partial charge on any atom is 0.0441 e. The first-order valence-electron chi connectivity index (χ1n) is 8.06. The van der Waals surface area contributed by atoms with Crippen molar-refractivity contribution in [2.45, 2.75) is 58.4 Å². The number of halogens is 1. The van der Waals surface area contributed by atoms with Crippen molar-refractivity contribution >= 4 is 11.6 Å². The van der Waals surface area contributed by atoms with Crippen molar-refractivity contribution in [3.63, 3.8) is 0 Å². The van der Waals surface area contributed by atoms with Crippen LogP contribution < -0.4 is 5.32 Å². The Morgan fingerprint density at radius 2 is 1.95 bits per heavy atom. The van der Waals surface area contributed by atoms with Gasteiger partial charge >= 0.3 is 0 Å². The Kier molecular flexibility index (Phi) is 5.92. The monoisotopic (exact) mass is 293 g/mol. The molecule has 1 aliphatic carbocycles. The molecule has 1 unspecified atom stereocenters. The van der Waals surface area contributed by atoms with Gasteiger partial charge in [-0.1, -0.05) is 49.9 Å². The van der Waals surface area contributed by atoms with Gasteiger partial charge in [-0.25, -0.2) is 0 Å². The number of hydrogen-bond acceptors (Lipinski definition) is 1. The molecule has 0 spiro atoms. The van der Waals surface area contributed by atoms with Crippen LogP contribution in [0.15, 0.2) is 18.2 Å². The Labute approximate surface area is 129 Å². The first kappa shape index (κ1) is 15.9. The minimum absolute atomic E-state index is 0.563. The number of benzene rings is 1. The maximum absolute atomic E-state index is 6.39. The second-order valence-corrected chi connectivity index (χ2v) is 6.79. The highest BCUT2D eigenvalue weighted by Gasteiger charge is 2.26. The van der Waals surface area contributed by atoms with Crippen LogP contribution in [-0.4, -0.2) is 13.1 Å². The Morgan fingerprint density at radius 1 is 1.25 bits per heavy atom. The van der Waals surface area contributed by atoms with Crippen molar-refractivity contribution in [1.29, 1.82) is 0 Å². The van der Waals surface area contributed by atoms with Crippen molar-refractivity contribution in [3.8, 4) is 0 Å². The van der Waals surface area contributed by atoms with Gasteiger partial charge in [-0.3, -0.25) is 0 Å². The third-order valence-corrected chi connectivity index (χ3v) is 5.41. The molecule has 1 saturated carbocycles. The molecule has 0 heterocycles. The van der Waals surface area contributed by atoms with E-state index in [4.69, 9.17) is 11.6 Å². The topological polar surface area (TPSA) is 12.0 Å². The van der Waals surface area contributed by atoms with Crippen LogP contribution in [-0.2, 0) is 6.42 Å². The summed E-state index contributed by atoms with van der Waals surface area (Å²) >= 11 is 6.39. The molecule has 0 bridgehead atoms. The van der Waals surface area contributed by atoms with Crippen LogP contribution in [0.3, 0.4) is 0 Å². The average molecular weight is 294 g/mol. The van der Waals surface area contributed by atoms with Gasteiger partial charge in [-0.05, 0) is 62.3 Å². The summed E-state index contributed by atoms with van der Waals surface area (Å²) in [6.45, 7) is 4.42. The number of likely N-dealkylation sites (N-methyl/N-ethyl adjacent to an activating group) is 1. The van der Waals surface area contributed by atoms with E-state index in [2.05, 4.69) is 44.4 Å². The molecule has 1 nitrogen and oxygen atoms in total. The zero-order valence-corrected chi connectivity index (χ0v) is 13.8. The van der Waals surface area contributed by atoms with Crippen molar-refractivity contribution in [2.24, 2.45) is 11.8 Å². The summed E-state index contributed by atoms with van der Waals surface area (Å²) in [4.78, 5) is 0. The fraction of sp³-hybridized carbons (Fsp3) is 0.667. The van der Waals surface area contributed by atoms with Crippen LogP contribution in [0.4, 0.5) is 0 Å².